The van der Waals surface area contributed by atoms with Gasteiger partial charge >= 0.3 is 0 Å². The molecular weight excluding hydrogens is 154 g/mol. The van der Waals surface area contributed by atoms with Gasteiger partial charge in [-0.05, 0) is 12.8 Å². The minimum absolute atomic E-state index is 0. The number of guanidine groups is 1. The molecule has 0 aromatic rings. The lowest BCUT2D eigenvalue weighted by Crippen LogP contribution is -2.34. The number of nitrogens with two attached hydrogens (primary N) is 1. The summed E-state index contributed by atoms with van der Waals surface area (Å²) in [7, 11) is 0. The van der Waals surface area contributed by atoms with E-state index in [-0.39, 0.29) is 18.4 Å². The molecule has 0 spiro atoms. The zero-order valence-electron chi connectivity index (χ0n) is 5.66. The van der Waals surface area contributed by atoms with Crippen molar-refractivity contribution in [3.63, 3.8) is 0 Å². The Morgan fingerprint density at radius 3 is 2.30 bits per heavy atom. The second-order valence-corrected chi connectivity index (χ2v) is 2.15. The highest BCUT2D eigenvalue weighted by Crippen LogP contribution is 2.05. The number of oxime groups is 1. The summed E-state index contributed by atoms with van der Waals surface area (Å²) in [5, 5.41) is 11.1. The standard InChI is InChI=1S/C5H11N3O.ClH/c6-5(7-9)8-3-1-2-4-8;/h9H,1-4H2,(H2,6,7);1H. The van der Waals surface area contributed by atoms with Crippen LogP contribution in [0.1, 0.15) is 12.8 Å². The van der Waals surface area contributed by atoms with Gasteiger partial charge in [0.15, 0.2) is 0 Å². The molecule has 5 heteroatoms. The predicted octanol–water partition coefficient (Wildman–Crippen LogP) is 0.208. The van der Waals surface area contributed by atoms with Gasteiger partial charge in [-0.2, -0.15) is 0 Å². The molecule has 1 aliphatic rings. The molecule has 1 rings (SSSR count). The normalized spacial score (nSPS) is 18.8. The summed E-state index contributed by atoms with van der Waals surface area (Å²) in [5.74, 6) is 0.243. The molecule has 0 aromatic carbocycles. The molecule has 60 valence electrons. The lowest BCUT2D eigenvalue weighted by Gasteiger charge is -2.12. The average molecular weight is 166 g/mol. The molecule has 1 aliphatic heterocycles. The zero-order valence-corrected chi connectivity index (χ0v) is 6.47. The van der Waals surface area contributed by atoms with E-state index in [2.05, 4.69) is 5.16 Å². The monoisotopic (exact) mass is 165 g/mol. The highest BCUT2D eigenvalue weighted by Gasteiger charge is 2.12. The van der Waals surface area contributed by atoms with Crippen LogP contribution in [0.15, 0.2) is 5.16 Å². The zero-order chi connectivity index (χ0) is 6.69. The van der Waals surface area contributed by atoms with Crippen LogP contribution in [-0.2, 0) is 0 Å². The van der Waals surface area contributed by atoms with E-state index in [0.29, 0.717) is 0 Å². The molecule has 10 heavy (non-hydrogen) atoms. The van der Waals surface area contributed by atoms with E-state index in [9.17, 15) is 0 Å². The van der Waals surface area contributed by atoms with Crippen LogP contribution >= 0.6 is 12.4 Å². The number of hydrogen-bond acceptors (Lipinski definition) is 2. The number of nitrogens with zero attached hydrogens (tertiary/aromatic N) is 2. The second-order valence-electron chi connectivity index (χ2n) is 2.15. The fourth-order valence-corrected chi connectivity index (χ4v) is 1.01. The maximum absolute atomic E-state index is 8.22. The van der Waals surface area contributed by atoms with E-state index >= 15 is 0 Å². The minimum atomic E-state index is 0. The van der Waals surface area contributed by atoms with Gasteiger partial charge in [-0.15, -0.1) is 12.4 Å². The first-order chi connectivity index (χ1) is 4.34. The molecule has 0 bridgehead atoms. The van der Waals surface area contributed by atoms with Gasteiger partial charge in [0.2, 0.25) is 5.96 Å². The van der Waals surface area contributed by atoms with Gasteiger partial charge in [0, 0.05) is 13.1 Å². The quantitative estimate of drug-likeness (QED) is 0.234. The fraction of sp³-hybridized carbons (Fsp3) is 0.800. The molecule has 0 atom stereocenters. The Kier molecular flexibility index (Phi) is 3.95. The highest BCUT2D eigenvalue weighted by molar-refractivity contribution is 5.85. The van der Waals surface area contributed by atoms with Crippen molar-refractivity contribution in [1.82, 2.24) is 4.90 Å². The largest absolute Gasteiger partial charge is 0.408 e. The Morgan fingerprint density at radius 2 is 1.90 bits per heavy atom. The summed E-state index contributed by atoms with van der Waals surface area (Å²) in [6.07, 6.45) is 2.30. The van der Waals surface area contributed by atoms with Crippen molar-refractivity contribution in [2.75, 3.05) is 13.1 Å². The number of rotatable bonds is 0. The van der Waals surface area contributed by atoms with Crippen molar-refractivity contribution in [2.24, 2.45) is 10.9 Å². The fourth-order valence-electron chi connectivity index (χ4n) is 1.01. The van der Waals surface area contributed by atoms with Crippen LogP contribution in [0.5, 0.6) is 0 Å². The van der Waals surface area contributed by atoms with Crippen molar-refractivity contribution in [3.05, 3.63) is 0 Å². The topological polar surface area (TPSA) is 61.9 Å². The van der Waals surface area contributed by atoms with Crippen molar-refractivity contribution >= 4 is 18.4 Å². The Hall–Kier alpha value is -0.640. The van der Waals surface area contributed by atoms with Gasteiger partial charge < -0.3 is 15.8 Å². The minimum Gasteiger partial charge on any atom is -0.408 e. The molecule has 1 fully saturated rings. The molecule has 0 unspecified atom stereocenters. The number of likely N-dealkylation sites (tertiary alicyclic amines) is 1. The SMILES string of the molecule is Cl.N/C(=N\O)N1CCCC1. The third-order valence-electron chi connectivity index (χ3n) is 1.53. The summed E-state index contributed by atoms with van der Waals surface area (Å²) in [4.78, 5) is 1.86. The van der Waals surface area contributed by atoms with Crippen LogP contribution in [0.4, 0.5) is 0 Å². The van der Waals surface area contributed by atoms with Gasteiger partial charge in [-0.1, -0.05) is 5.16 Å². The van der Waals surface area contributed by atoms with E-state index in [1.807, 2.05) is 4.90 Å². The molecule has 1 heterocycles. The van der Waals surface area contributed by atoms with Crippen molar-refractivity contribution < 1.29 is 5.21 Å². The van der Waals surface area contributed by atoms with Crippen LogP contribution in [-0.4, -0.2) is 29.2 Å². The summed E-state index contributed by atoms with van der Waals surface area (Å²) in [6, 6.07) is 0. The van der Waals surface area contributed by atoms with Crippen LogP contribution < -0.4 is 5.73 Å². The molecular formula is C5H12ClN3O. The summed E-state index contributed by atoms with van der Waals surface area (Å²) in [5.41, 5.74) is 5.30. The Bertz CT molecular complexity index is 122. The van der Waals surface area contributed by atoms with Crippen LogP contribution in [0, 0.1) is 0 Å². The van der Waals surface area contributed by atoms with Crippen molar-refractivity contribution in [3.8, 4) is 0 Å². The van der Waals surface area contributed by atoms with Crippen LogP contribution in [0.3, 0.4) is 0 Å². The van der Waals surface area contributed by atoms with Gasteiger partial charge in [-0.3, -0.25) is 0 Å². The number of hydrogen-bond donors (Lipinski definition) is 2. The smallest absolute Gasteiger partial charge is 0.233 e. The lowest BCUT2D eigenvalue weighted by atomic mass is 10.4. The van der Waals surface area contributed by atoms with E-state index in [1.54, 1.807) is 0 Å². The first-order valence-corrected chi connectivity index (χ1v) is 3.07. The maximum Gasteiger partial charge on any atom is 0.233 e. The van der Waals surface area contributed by atoms with Gasteiger partial charge in [0.05, 0.1) is 0 Å². The van der Waals surface area contributed by atoms with E-state index in [1.165, 1.54) is 0 Å². The molecule has 0 aliphatic carbocycles. The average Bonchev–Trinajstić information content (AvgIpc) is 2.37. The molecule has 0 saturated carbocycles. The molecule has 0 aromatic heterocycles. The Morgan fingerprint density at radius 1 is 1.40 bits per heavy atom. The third kappa shape index (κ3) is 1.95. The molecule has 0 radical (unpaired) electrons. The van der Waals surface area contributed by atoms with Gasteiger partial charge in [-0.25, -0.2) is 0 Å². The molecule has 0 amide bonds. The maximum atomic E-state index is 8.22. The Balaban J connectivity index is 0.000000810. The van der Waals surface area contributed by atoms with E-state index in [4.69, 9.17) is 10.9 Å². The van der Waals surface area contributed by atoms with Gasteiger partial charge in [0.1, 0.15) is 0 Å². The van der Waals surface area contributed by atoms with Crippen molar-refractivity contribution in [1.29, 1.82) is 0 Å². The van der Waals surface area contributed by atoms with Crippen LogP contribution in [0.2, 0.25) is 0 Å². The molecule has 4 nitrogen and oxygen atoms in total. The summed E-state index contributed by atoms with van der Waals surface area (Å²) in [6.45, 7) is 1.85. The lowest BCUT2D eigenvalue weighted by molar-refractivity contribution is 0.305. The third-order valence-corrected chi connectivity index (χ3v) is 1.53. The van der Waals surface area contributed by atoms with E-state index in [0.717, 1.165) is 25.9 Å². The molecule has 1 saturated heterocycles. The first-order valence-electron chi connectivity index (χ1n) is 3.07. The summed E-state index contributed by atoms with van der Waals surface area (Å²) >= 11 is 0. The Labute approximate surface area is 66.1 Å². The second kappa shape index (κ2) is 4.22. The predicted molar refractivity (Wildman–Crippen MR) is 41.5 cm³/mol. The van der Waals surface area contributed by atoms with E-state index < -0.39 is 0 Å². The highest BCUT2D eigenvalue weighted by atomic mass is 35.5. The first kappa shape index (κ1) is 9.36. The van der Waals surface area contributed by atoms with Crippen molar-refractivity contribution in [2.45, 2.75) is 12.8 Å². The van der Waals surface area contributed by atoms with Gasteiger partial charge in [0.25, 0.3) is 0 Å². The number of halogens is 1. The van der Waals surface area contributed by atoms with Crippen LogP contribution in [0.25, 0.3) is 0 Å². The molecule has 3 N–H and O–H groups in total. The summed E-state index contributed by atoms with van der Waals surface area (Å²) < 4.78 is 0.